The zero-order valence-electron chi connectivity index (χ0n) is 9.51. The molecule has 0 aromatic heterocycles. The smallest absolute Gasteiger partial charge is 0.854 e. The summed E-state index contributed by atoms with van der Waals surface area (Å²) in [5.41, 5.74) is 0. The molecule has 0 saturated carbocycles. The standard InChI is InChI=1S/C5H12O.C5H11O.Li/c2*1-2-3-4-5-6;/h6H,2-5H2,1H3;2-5H2,1H3;/q;-1;+1. The van der Waals surface area contributed by atoms with Crippen molar-refractivity contribution >= 4 is 0 Å². The summed E-state index contributed by atoms with van der Waals surface area (Å²) < 4.78 is 0. The Hall–Kier alpha value is 0.517. The second kappa shape index (κ2) is 22.9. The third kappa shape index (κ3) is 32.6. The van der Waals surface area contributed by atoms with Gasteiger partial charge in [-0.1, -0.05) is 46.0 Å². The molecule has 0 rings (SSSR count). The Kier molecular flexibility index (Phi) is 33.7. The van der Waals surface area contributed by atoms with E-state index in [2.05, 4.69) is 13.8 Å². The van der Waals surface area contributed by atoms with Gasteiger partial charge in [-0.05, 0) is 6.42 Å². The molecule has 0 aliphatic heterocycles. The first-order valence-corrected chi connectivity index (χ1v) is 5.02. The van der Waals surface area contributed by atoms with Crippen LogP contribution in [0.15, 0.2) is 0 Å². The van der Waals surface area contributed by atoms with Crippen molar-refractivity contribution in [1.82, 2.24) is 0 Å². The second-order valence-corrected chi connectivity index (χ2v) is 2.84. The SMILES string of the molecule is CCCCCO.CCCCC[O-].[Li+]. The number of unbranched alkanes of at least 4 members (excludes halogenated alkanes) is 4. The van der Waals surface area contributed by atoms with Gasteiger partial charge < -0.3 is 10.2 Å². The van der Waals surface area contributed by atoms with Crippen molar-refractivity contribution in [1.29, 1.82) is 0 Å². The average molecular weight is 182 g/mol. The molecule has 0 fully saturated rings. The van der Waals surface area contributed by atoms with Gasteiger partial charge in [0.15, 0.2) is 0 Å². The Morgan fingerprint density at radius 3 is 1.54 bits per heavy atom. The number of hydrogen-bond donors (Lipinski definition) is 1. The van der Waals surface area contributed by atoms with E-state index in [9.17, 15) is 5.11 Å². The Bertz CT molecular complexity index is 44.9. The van der Waals surface area contributed by atoms with Crippen LogP contribution in [0.3, 0.4) is 0 Å². The Balaban J connectivity index is -0.000000143. The van der Waals surface area contributed by atoms with Gasteiger partial charge in [0.05, 0.1) is 0 Å². The van der Waals surface area contributed by atoms with Gasteiger partial charge in [-0.25, -0.2) is 0 Å². The Labute approximate surface area is 94.9 Å². The molecule has 0 saturated heterocycles. The number of hydrogen-bond acceptors (Lipinski definition) is 2. The maximum absolute atomic E-state index is 9.69. The van der Waals surface area contributed by atoms with Gasteiger partial charge in [0.25, 0.3) is 0 Å². The third-order valence-corrected chi connectivity index (χ3v) is 1.51. The summed E-state index contributed by atoms with van der Waals surface area (Å²) in [7, 11) is 0. The van der Waals surface area contributed by atoms with Crippen LogP contribution in [0.5, 0.6) is 0 Å². The summed E-state index contributed by atoms with van der Waals surface area (Å²) in [6, 6.07) is 0. The fourth-order valence-electron chi connectivity index (χ4n) is 0.714. The molecule has 0 bridgehead atoms. The van der Waals surface area contributed by atoms with Gasteiger partial charge in [-0.3, -0.25) is 0 Å². The van der Waals surface area contributed by atoms with Crippen LogP contribution in [-0.2, 0) is 0 Å². The molecule has 0 aromatic carbocycles. The summed E-state index contributed by atoms with van der Waals surface area (Å²) in [4.78, 5) is 0. The van der Waals surface area contributed by atoms with Crippen molar-refractivity contribution in [2.75, 3.05) is 13.2 Å². The van der Waals surface area contributed by atoms with Crippen LogP contribution >= 0.6 is 0 Å². The summed E-state index contributed by atoms with van der Waals surface area (Å²) in [6.45, 7) is 4.67. The molecule has 0 amide bonds. The van der Waals surface area contributed by atoms with Crippen molar-refractivity contribution < 1.29 is 29.1 Å². The number of aliphatic hydroxyl groups is 1. The van der Waals surface area contributed by atoms with E-state index in [1.54, 1.807) is 0 Å². The molecular formula is C10H23LiO2. The van der Waals surface area contributed by atoms with Gasteiger partial charge in [-0.15, -0.1) is 6.61 Å². The van der Waals surface area contributed by atoms with Crippen LogP contribution in [0.1, 0.15) is 52.4 Å². The zero-order valence-corrected chi connectivity index (χ0v) is 9.51. The quantitative estimate of drug-likeness (QED) is 0.410. The first kappa shape index (κ1) is 19.1. The molecule has 0 spiro atoms. The maximum atomic E-state index is 9.69. The van der Waals surface area contributed by atoms with Gasteiger partial charge in [-0.2, -0.15) is 0 Å². The molecule has 13 heavy (non-hydrogen) atoms. The molecule has 3 heteroatoms. The predicted octanol–water partition coefficient (Wildman–Crippen LogP) is -1.29. The molecule has 0 aromatic rings. The van der Waals surface area contributed by atoms with Crippen molar-refractivity contribution in [3.63, 3.8) is 0 Å². The van der Waals surface area contributed by atoms with E-state index in [4.69, 9.17) is 5.11 Å². The summed E-state index contributed by atoms with van der Waals surface area (Å²) in [5, 5.41) is 17.9. The largest absolute Gasteiger partial charge is 1.00 e. The number of rotatable bonds is 6. The Morgan fingerprint density at radius 2 is 1.38 bits per heavy atom. The predicted molar refractivity (Wildman–Crippen MR) is 51.0 cm³/mol. The zero-order chi connectivity index (χ0) is 9.66. The van der Waals surface area contributed by atoms with Crippen LogP contribution < -0.4 is 24.0 Å². The fraction of sp³-hybridized carbons (Fsp3) is 1.00. The van der Waals surface area contributed by atoms with Gasteiger partial charge in [0, 0.05) is 6.61 Å². The third-order valence-electron chi connectivity index (χ3n) is 1.51. The number of aliphatic hydroxyl groups excluding tert-OH is 1. The van der Waals surface area contributed by atoms with E-state index in [1.807, 2.05) is 0 Å². The van der Waals surface area contributed by atoms with E-state index in [0.717, 1.165) is 32.1 Å². The van der Waals surface area contributed by atoms with E-state index in [0.29, 0.717) is 6.61 Å². The molecule has 1 N–H and O–H groups in total. The molecule has 2 nitrogen and oxygen atoms in total. The maximum Gasteiger partial charge on any atom is 1.00 e. The van der Waals surface area contributed by atoms with E-state index in [-0.39, 0.29) is 25.5 Å². The van der Waals surface area contributed by atoms with E-state index < -0.39 is 0 Å². The fourth-order valence-corrected chi connectivity index (χ4v) is 0.714. The summed E-state index contributed by atoms with van der Waals surface area (Å²) in [6.07, 6.45) is 6.44. The van der Waals surface area contributed by atoms with Crippen molar-refractivity contribution in [3.05, 3.63) is 0 Å². The molecular weight excluding hydrogens is 159 g/mol. The molecule has 0 atom stereocenters. The van der Waals surface area contributed by atoms with Crippen LogP contribution in [0.4, 0.5) is 0 Å². The summed E-state index contributed by atoms with van der Waals surface area (Å²) in [5.74, 6) is 0. The monoisotopic (exact) mass is 182 g/mol. The van der Waals surface area contributed by atoms with Crippen LogP contribution in [-0.4, -0.2) is 18.3 Å². The first-order chi connectivity index (χ1) is 5.83. The molecule has 0 aliphatic rings. The van der Waals surface area contributed by atoms with Crippen LogP contribution in [0.25, 0.3) is 0 Å². The molecule has 0 unspecified atom stereocenters. The summed E-state index contributed by atoms with van der Waals surface area (Å²) >= 11 is 0. The second-order valence-electron chi connectivity index (χ2n) is 2.84. The van der Waals surface area contributed by atoms with Crippen LogP contribution in [0, 0.1) is 0 Å². The van der Waals surface area contributed by atoms with Crippen LogP contribution in [0.2, 0.25) is 0 Å². The molecule has 0 radical (unpaired) electrons. The van der Waals surface area contributed by atoms with Gasteiger partial charge in [0.2, 0.25) is 0 Å². The van der Waals surface area contributed by atoms with Gasteiger partial charge in [0.1, 0.15) is 0 Å². The van der Waals surface area contributed by atoms with Crippen molar-refractivity contribution in [2.45, 2.75) is 52.4 Å². The molecule has 0 heterocycles. The minimum Gasteiger partial charge on any atom is -0.854 e. The van der Waals surface area contributed by atoms with Crippen molar-refractivity contribution in [2.24, 2.45) is 0 Å². The minimum absolute atomic E-state index is 0. The first-order valence-electron chi connectivity index (χ1n) is 5.02. The topological polar surface area (TPSA) is 43.3 Å². The molecule has 76 valence electrons. The minimum atomic E-state index is 0. The average Bonchev–Trinajstić information content (AvgIpc) is 2.12. The van der Waals surface area contributed by atoms with Crippen molar-refractivity contribution in [3.8, 4) is 0 Å². The van der Waals surface area contributed by atoms with Gasteiger partial charge >= 0.3 is 18.9 Å². The normalized spacial score (nSPS) is 8.31. The van der Waals surface area contributed by atoms with E-state index >= 15 is 0 Å². The Morgan fingerprint density at radius 1 is 0.923 bits per heavy atom. The van der Waals surface area contributed by atoms with E-state index in [1.165, 1.54) is 6.42 Å². The molecule has 0 aliphatic carbocycles.